The van der Waals surface area contributed by atoms with E-state index in [0.717, 1.165) is 30.8 Å². The lowest BCUT2D eigenvalue weighted by molar-refractivity contribution is 0.352. The van der Waals surface area contributed by atoms with Gasteiger partial charge in [-0.1, -0.05) is 20.8 Å². The number of nitrogens with one attached hydrogen (secondary N) is 1. The highest BCUT2D eigenvalue weighted by Gasteiger charge is 2.35. The van der Waals surface area contributed by atoms with E-state index >= 15 is 0 Å². The molecule has 0 aliphatic carbocycles. The first-order valence-corrected chi connectivity index (χ1v) is 6.31. The fourth-order valence-corrected chi connectivity index (χ4v) is 2.10. The smallest absolute Gasteiger partial charge is 0.148 e. The molecule has 3 nitrogen and oxygen atoms in total. The predicted octanol–water partition coefficient (Wildman–Crippen LogP) is 2.80. The van der Waals surface area contributed by atoms with Crippen molar-refractivity contribution in [1.82, 2.24) is 15.3 Å². The maximum atomic E-state index is 4.43. The number of nitrogens with zero attached hydrogens (tertiary/aromatic N) is 2. The van der Waals surface area contributed by atoms with E-state index in [1.165, 1.54) is 6.42 Å². The van der Waals surface area contributed by atoms with Crippen LogP contribution in [0.2, 0.25) is 0 Å². The van der Waals surface area contributed by atoms with Gasteiger partial charge in [-0.2, -0.15) is 0 Å². The standard InChI is InChI=1S/C11H17N3.C2H6/c1-3-11(5-4-6-14-11)10-12-7-9(2)8-13-10;1-2/h7-8,14H,3-6H2,1-2H3;1-2H3. The molecule has 0 amide bonds. The van der Waals surface area contributed by atoms with Crippen molar-refractivity contribution in [2.45, 2.75) is 52.5 Å². The van der Waals surface area contributed by atoms with E-state index in [1.807, 2.05) is 33.2 Å². The summed E-state index contributed by atoms with van der Waals surface area (Å²) in [5, 5.41) is 3.53. The van der Waals surface area contributed by atoms with Crippen molar-refractivity contribution >= 4 is 0 Å². The van der Waals surface area contributed by atoms with Gasteiger partial charge in [0.25, 0.3) is 0 Å². The predicted molar refractivity (Wildman–Crippen MR) is 67.3 cm³/mol. The second-order valence-corrected chi connectivity index (χ2v) is 4.05. The van der Waals surface area contributed by atoms with Gasteiger partial charge in [-0.05, 0) is 38.3 Å². The molecule has 0 radical (unpaired) electrons. The summed E-state index contributed by atoms with van der Waals surface area (Å²) in [6.45, 7) is 9.30. The van der Waals surface area contributed by atoms with Crippen molar-refractivity contribution in [2.75, 3.05) is 6.54 Å². The molecule has 0 aromatic carbocycles. The lowest BCUT2D eigenvalue weighted by Crippen LogP contribution is -2.37. The Morgan fingerprint density at radius 3 is 2.38 bits per heavy atom. The Balaban J connectivity index is 0.000000606. The summed E-state index contributed by atoms with van der Waals surface area (Å²) >= 11 is 0. The Morgan fingerprint density at radius 1 is 1.31 bits per heavy atom. The quantitative estimate of drug-likeness (QED) is 0.834. The second kappa shape index (κ2) is 5.94. The van der Waals surface area contributed by atoms with E-state index < -0.39 is 0 Å². The molecule has 0 bridgehead atoms. The molecule has 1 saturated heterocycles. The maximum Gasteiger partial charge on any atom is 0.148 e. The third-order valence-corrected chi connectivity index (χ3v) is 3.06. The summed E-state index contributed by atoms with van der Waals surface area (Å²) in [5.74, 6) is 0.961. The molecule has 0 saturated carbocycles. The Morgan fingerprint density at radius 2 is 1.94 bits per heavy atom. The minimum absolute atomic E-state index is 0.0493. The summed E-state index contributed by atoms with van der Waals surface area (Å²) < 4.78 is 0. The van der Waals surface area contributed by atoms with Crippen molar-refractivity contribution in [3.63, 3.8) is 0 Å². The highest BCUT2D eigenvalue weighted by molar-refractivity contribution is 5.11. The third-order valence-electron chi connectivity index (χ3n) is 3.06. The van der Waals surface area contributed by atoms with Crippen LogP contribution in [0.5, 0.6) is 0 Å². The molecule has 1 aliphatic heterocycles. The van der Waals surface area contributed by atoms with Gasteiger partial charge in [-0.15, -0.1) is 0 Å². The summed E-state index contributed by atoms with van der Waals surface area (Å²) in [6, 6.07) is 0. The van der Waals surface area contributed by atoms with E-state index in [9.17, 15) is 0 Å². The summed E-state index contributed by atoms with van der Waals surface area (Å²) in [6.07, 6.45) is 7.26. The molecule has 1 aliphatic rings. The van der Waals surface area contributed by atoms with Crippen LogP contribution >= 0.6 is 0 Å². The van der Waals surface area contributed by atoms with Crippen molar-refractivity contribution < 1.29 is 0 Å². The molecule has 1 N–H and O–H groups in total. The average molecular weight is 221 g/mol. The molecule has 3 heteroatoms. The Bertz CT molecular complexity index is 299. The minimum atomic E-state index is 0.0493. The first-order chi connectivity index (χ1) is 7.77. The van der Waals surface area contributed by atoms with Gasteiger partial charge in [0.15, 0.2) is 0 Å². The van der Waals surface area contributed by atoms with Crippen LogP contribution in [0.4, 0.5) is 0 Å². The largest absolute Gasteiger partial charge is 0.305 e. The van der Waals surface area contributed by atoms with Crippen LogP contribution in [-0.4, -0.2) is 16.5 Å². The van der Waals surface area contributed by atoms with Crippen LogP contribution in [0.1, 0.15) is 51.4 Å². The fourth-order valence-electron chi connectivity index (χ4n) is 2.10. The number of aromatic nitrogens is 2. The van der Waals surface area contributed by atoms with Crippen molar-refractivity contribution in [3.8, 4) is 0 Å². The first-order valence-electron chi connectivity index (χ1n) is 6.31. The van der Waals surface area contributed by atoms with Gasteiger partial charge in [-0.3, -0.25) is 0 Å². The van der Waals surface area contributed by atoms with Crippen LogP contribution in [0, 0.1) is 6.92 Å². The van der Waals surface area contributed by atoms with Crippen molar-refractivity contribution in [1.29, 1.82) is 0 Å². The van der Waals surface area contributed by atoms with Crippen LogP contribution in [0.25, 0.3) is 0 Å². The zero-order valence-corrected chi connectivity index (χ0v) is 10.9. The molecule has 1 unspecified atom stereocenters. The average Bonchev–Trinajstić information content (AvgIpc) is 2.82. The lowest BCUT2D eigenvalue weighted by atomic mass is 9.93. The zero-order valence-electron chi connectivity index (χ0n) is 10.9. The third kappa shape index (κ3) is 2.59. The second-order valence-electron chi connectivity index (χ2n) is 4.05. The monoisotopic (exact) mass is 221 g/mol. The van der Waals surface area contributed by atoms with Crippen molar-refractivity contribution in [3.05, 3.63) is 23.8 Å². The van der Waals surface area contributed by atoms with Crippen LogP contribution < -0.4 is 5.32 Å². The maximum absolute atomic E-state index is 4.43. The summed E-state index contributed by atoms with van der Waals surface area (Å²) in [7, 11) is 0. The first kappa shape index (κ1) is 13.1. The lowest BCUT2D eigenvalue weighted by Gasteiger charge is -2.26. The van der Waals surface area contributed by atoms with Gasteiger partial charge in [0.1, 0.15) is 5.82 Å². The number of aryl methyl sites for hydroxylation is 1. The van der Waals surface area contributed by atoms with Gasteiger partial charge in [0.05, 0.1) is 5.54 Å². The topological polar surface area (TPSA) is 37.8 Å². The highest BCUT2D eigenvalue weighted by Crippen LogP contribution is 2.31. The molecule has 0 spiro atoms. The van der Waals surface area contributed by atoms with Crippen LogP contribution in [0.3, 0.4) is 0 Å². The molecule has 90 valence electrons. The Kier molecular flexibility index (Phi) is 4.87. The zero-order chi connectivity index (χ0) is 12.0. The molecule has 1 fully saturated rings. The fraction of sp³-hybridized carbons (Fsp3) is 0.692. The van der Waals surface area contributed by atoms with Gasteiger partial charge in [0, 0.05) is 12.4 Å². The van der Waals surface area contributed by atoms with Gasteiger partial charge in [-0.25, -0.2) is 9.97 Å². The van der Waals surface area contributed by atoms with E-state index in [2.05, 4.69) is 22.2 Å². The van der Waals surface area contributed by atoms with E-state index in [1.54, 1.807) is 0 Å². The Hall–Kier alpha value is -0.960. The van der Waals surface area contributed by atoms with Crippen LogP contribution in [-0.2, 0) is 5.54 Å². The molecule has 1 aromatic heterocycles. The molecule has 16 heavy (non-hydrogen) atoms. The highest BCUT2D eigenvalue weighted by atomic mass is 15.1. The van der Waals surface area contributed by atoms with Crippen molar-refractivity contribution in [2.24, 2.45) is 0 Å². The normalized spacial score (nSPS) is 23.8. The number of hydrogen-bond donors (Lipinski definition) is 1. The molecule has 2 rings (SSSR count). The SMILES string of the molecule is CC.CCC1(c2ncc(C)cn2)CCCN1. The molecule has 1 aromatic rings. The molecular formula is C13H23N3. The number of hydrogen-bond acceptors (Lipinski definition) is 3. The Labute approximate surface area is 98.7 Å². The van der Waals surface area contributed by atoms with Gasteiger partial charge in [0.2, 0.25) is 0 Å². The van der Waals surface area contributed by atoms with E-state index in [0.29, 0.717) is 0 Å². The van der Waals surface area contributed by atoms with Gasteiger partial charge < -0.3 is 5.32 Å². The minimum Gasteiger partial charge on any atom is -0.305 e. The molecule has 1 atom stereocenters. The van der Waals surface area contributed by atoms with E-state index in [4.69, 9.17) is 0 Å². The molecular weight excluding hydrogens is 198 g/mol. The summed E-state index contributed by atoms with van der Waals surface area (Å²) in [4.78, 5) is 8.86. The van der Waals surface area contributed by atoms with Crippen LogP contribution in [0.15, 0.2) is 12.4 Å². The molecule has 2 heterocycles. The summed E-state index contributed by atoms with van der Waals surface area (Å²) in [5.41, 5.74) is 1.17. The number of rotatable bonds is 2. The van der Waals surface area contributed by atoms with E-state index in [-0.39, 0.29) is 5.54 Å². The van der Waals surface area contributed by atoms with Gasteiger partial charge >= 0.3 is 0 Å².